The molecule has 1 heterocycles. The van der Waals surface area contributed by atoms with E-state index in [1.54, 1.807) is 43.3 Å². The molecule has 1 fully saturated rings. The summed E-state index contributed by atoms with van der Waals surface area (Å²) in [6, 6.07) is 21.5. The Hall–Kier alpha value is -4.59. The summed E-state index contributed by atoms with van der Waals surface area (Å²) in [5.74, 6) is -1.72. The number of nitrogens with zero attached hydrogens (tertiary/aromatic N) is 1. The highest BCUT2D eigenvalue weighted by molar-refractivity contribution is 6.51. The van der Waals surface area contributed by atoms with Crippen molar-refractivity contribution in [3.8, 4) is 11.5 Å². The lowest BCUT2D eigenvalue weighted by molar-refractivity contribution is -0.132. The van der Waals surface area contributed by atoms with Crippen molar-refractivity contribution in [1.29, 1.82) is 0 Å². The molecule has 2 amide bonds. The van der Waals surface area contributed by atoms with Crippen LogP contribution in [0.3, 0.4) is 0 Å². The van der Waals surface area contributed by atoms with E-state index >= 15 is 0 Å². The maximum absolute atomic E-state index is 13.2. The zero-order chi connectivity index (χ0) is 24.2. The Morgan fingerprint density at radius 1 is 0.912 bits per heavy atom. The van der Waals surface area contributed by atoms with Gasteiger partial charge in [0.1, 0.15) is 11.5 Å². The fraction of sp³-hybridized carbons (Fsp3) is 0.115. The lowest BCUT2D eigenvalue weighted by Crippen LogP contribution is -2.37. The molecule has 172 valence electrons. The molecule has 1 aliphatic heterocycles. The Kier molecular flexibility index (Phi) is 6.31. The number of para-hydroxylation sites is 3. The lowest BCUT2D eigenvalue weighted by Gasteiger charge is -2.27. The molecule has 0 saturated carbocycles. The molecule has 1 saturated heterocycles. The van der Waals surface area contributed by atoms with Gasteiger partial charge in [0, 0.05) is 5.70 Å². The molecule has 3 N–H and O–H groups in total. The number of hydrogen-bond donors (Lipinski definition) is 3. The number of anilines is 1. The van der Waals surface area contributed by atoms with Crippen LogP contribution in [0, 0.1) is 0 Å². The van der Waals surface area contributed by atoms with E-state index in [2.05, 4.69) is 10.9 Å². The molecule has 0 aliphatic carbocycles. The highest BCUT2D eigenvalue weighted by Gasteiger charge is 2.46. The summed E-state index contributed by atoms with van der Waals surface area (Å²) >= 11 is 0. The number of ether oxygens (including phenoxy) is 1. The van der Waals surface area contributed by atoms with Crippen molar-refractivity contribution in [2.75, 3.05) is 12.0 Å². The zero-order valence-electron chi connectivity index (χ0n) is 18.6. The molecule has 4 rings (SSSR count). The zero-order valence-corrected chi connectivity index (χ0v) is 18.6. The van der Waals surface area contributed by atoms with Gasteiger partial charge in [-0.3, -0.25) is 24.7 Å². The van der Waals surface area contributed by atoms with E-state index in [4.69, 9.17) is 4.74 Å². The van der Waals surface area contributed by atoms with Crippen molar-refractivity contribution in [3.05, 3.63) is 101 Å². The molecule has 0 bridgehead atoms. The number of carbonyl (C=O) groups excluding carboxylic acids is 3. The van der Waals surface area contributed by atoms with Gasteiger partial charge in [-0.2, -0.15) is 0 Å². The van der Waals surface area contributed by atoms with Gasteiger partial charge in [0.15, 0.2) is 0 Å². The highest BCUT2D eigenvalue weighted by Crippen LogP contribution is 2.43. The number of Topliss-reactive ketones (excluding diaryl/α,β-unsaturated/α-hetero) is 1. The summed E-state index contributed by atoms with van der Waals surface area (Å²) < 4.78 is 5.44. The standard InChI is InChI=1S/C26H23N3O5/c1-16(27-28-25(32)18-12-6-8-14-20(18)30)22-23(17-10-4-3-5-11-17)29(26(33)24(22)31)19-13-7-9-15-21(19)34-2/h3-15,23,27,30H,1-2H3,(H,28,32)/t23-/m0/s1. The van der Waals surface area contributed by atoms with Gasteiger partial charge in [-0.25, -0.2) is 0 Å². The van der Waals surface area contributed by atoms with Crippen LogP contribution in [-0.2, 0) is 9.59 Å². The first-order valence-corrected chi connectivity index (χ1v) is 10.5. The Morgan fingerprint density at radius 3 is 2.26 bits per heavy atom. The van der Waals surface area contributed by atoms with E-state index in [0.29, 0.717) is 17.1 Å². The summed E-state index contributed by atoms with van der Waals surface area (Å²) in [5, 5.41) is 9.92. The van der Waals surface area contributed by atoms with Crippen LogP contribution in [0.1, 0.15) is 28.9 Å². The van der Waals surface area contributed by atoms with Gasteiger partial charge in [0.05, 0.1) is 30.0 Å². The van der Waals surface area contributed by atoms with Crippen LogP contribution in [0.4, 0.5) is 5.69 Å². The normalized spacial score (nSPS) is 16.9. The second-order valence-corrected chi connectivity index (χ2v) is 7.62. The van der Waals surface area contributed by atoms with Gasteiger partial charge >= 0.3 is 0 Å². The number of phenols is 1. The molecule has 0 spiro atoms. The predicted octanol–water partition coefficient (Wildman–Crippen LogP) is 3.27. The second-order valence-electron chi connectivity index (χ2n) is 7.62. The summed E-state index contributed by atoms with van der Waals surface area (Å²) in [6.07, 6.45) is 0. The van der Waals surface area contributed by atoms with Crippen LogP contribution in [-0.4, -0.2) is 29.8 Å². The topological polar surface area (TPSA) is 108 Å². The number of ketones is 1. The van der Waals surface area contributed by atoms with Crippen LogP contribution in [0.2, 0.25) is 0 Å². The summed E-state index contributed by atoms with van der Waals surface area (Å²) in [5.41, 5.74) is 6.96. The van der Waals surface area contributed by atoms with E-state index in [-0.39, 0.29) is 16.9 Å². The molecule has 3 aromatic rings. The molecule has 0 radical (unpaired) electrons. The van der Waals surface area contributed by atoms with E-state index in [1.807, 2.05) is 30.3 Å². The Morgan fingerprint density at radius 2 is 1.56 bits per heavy atom. The van der Waals surface area contributed by atoms with Crippen molar-refractivity contribution in [2.45, 2.75) is 13.0 Å². The average Bonchev–Trinajstić information content (AvgIpc) is 3.13. The fourth-order valence-corrected chi connectivity index (χ4v) is 3.95. The number of allylic oxidation sites excluding steroid dienone is 1. The van der Waals surface area contributed by atoms with Crippen molar-refractivity contribution < 1.29 is 24.2 Å². The largest absolute Gasteiger partial charge is 0.507 e. The Balaban J connectivity index is 1.75. The van der Waals surface area contributed by atoms with Crippen LogP contribution < -0.4 is 20.5 Å². The van der Waals surface area contributed by atoms with Gasteiger partial charge < -0.3 is 15.3 Å². The van der Waals surface area contributed by atoms with Gasteiger partial charge in [-0.1, -0.05) is 54.6 Å². The minimum absolute atomic E-state index is 0.0666. The molecule has 1 aliphatic rings. The van der Waals surface area contributed by atoms with Crippen molar-refractivity contribution in [3.63, 3.8) is 0 Å². The van der Waals surface area contributed by atoms with Gasteiger partial charge in [-0.05, 0) is 36.8 Å². The smallest absolute Gasteiger partial charge is 0.300 e. The van der Waals surface area contributed by atoms with Gasteiger partial charge in [-0.15, -0.1) is 0 Å². The lowest BCUT2D eigenvalue weighted by atomic mass is 9.97. The first-order chi connectivity index (χ1) is 16.4. The minimum atomic E-state index is -0.743. The average molecular weight is 457 g/mol. The number of carbonyl (C=O) groups is 3. The van der Waals surface area contributed by atoms with Crippen molar-refractivity contribution >= 4 is 23.3 Å². The third kappa shape index (κ3) is 4.09. The van der Waals surface area contributed by atoms with Crippen LogP contribution in [0.5, 0.6) is 11.5 Å². The van der Waals surface area contributed by atoms with Crippen LogP contribution >= 0.6 is 0 Å². The number of nitrogens with one attached hydrogen (secondary N) is 2. The SMILES string of the molecule is COc1ccccc1N1C(=O)C(=O)C(=C(C)NNC(=O)c2ccccc2O)[C@@H]1c1ccccc1. The third-order valence-corrected chi connectivity index (χ3v) is 5.57. The van der Waals surface area contributed by atoms with E-state index in [9.17, 15) is 19.5 Å². The molecule has 0 unspecified atom stereocenters. The first-order valence-electron chi connectivity index (χ1n) is 10.5. The first kappa shape index (κ1) is 22.6. The monoisotopic (exact) mass is 457 g/mol. The summed E-state index contributed by atoms with van der Waals surface area (Å²) in [4.78, 5) is 40.3. The molecule has 1 atom stereocenters. The van der Waals surface area contributed by atoms with Crippen LogP contribution in [0.15, 0.2) is 90.1 Å². The quantitative estimate of drug-likeness (QED) is 0.298. The highest BCUT2D eigenvalue weighted by atomic mass is 16.5. The number of benzene rings is 3. The fourth-order valence-electron chi connectivity index (χ4n) is 3.95. The van der Waals surface area contributed by atoms with E-state index < -0.39 is 23.6 Å². The predicted molar refractivity (Wildman–Crippen MR) is 126 cm³/mol. The number of amides is 2. The van der Waals surface area contributed by atoms with Crippen LogP contribution in [0.25, 0.3) is 0 Å². The van der Waals surface area contributed by atoms with Crippen molar-refractivity contribution in [1.82, 2.24) is 10.9 Å². The number of methoxy groups -OCH3 is 1. The molecular weight excluding hydrogens is 434 g/mol. The maximum atomic E-state index is 13.2. The Bertz CT molecular complexity index is 1290. The molecule has 0 aromatic heterocycles. The minimum Gasteiger partial charge on any atom is -0.507 e. The molecule has 8 nitrogen and oxygen atoms in total. The molecule has 34 heavy (non-hydrogen) atoms. The van der Waals surface area contributed by atoms with Gasteiger partial charge in [0.2, 0.25) is 0 Å². The number of rotatable bonds is 6. The van der Waals surface area contributed by atoms with E-state index in [0.717, 1.165) is 5.56 Å². The molecular formula is C26H23N3O5. The van der Waals surface area contributed by atoms with E-state index in [1.165, 1.54) is 24.1 Å². The Labute approximate surface area is 196 Å². The third-order valence-electron chi connectivity index (χ3n) is 5.57. The van der Waals surface area contributed by atoms with Gasteiger partial charge in [0.25, 0.3) is 17.6 Å². The van der Waals surface area contributed by atoms with Crippen molar-refractivity contribution in [2.24, 2.45) is 0 Å². The molecule has 3 aromatic carbocycles. The number of hydrazine groups is 1. The number of aromatic hydroxyl groups is 1. The maximum Gasteiger partial charge on any atom is 0.300 e. The summed E-state index contributed by atoms with van der Waals surface area (Å²) in [6.45, 7) is 1.60. The number of hydrogen-bond acceptors (Lipinski definition) is 6. The summed E-state index contributed by atoms with van der Waals surface area (Å²) in [7, 11) is 1.50. The second kappa shape index (κ2) is 9.50. The molecule has 8 heteroatoms. The number of phenolic OH excluding ortho intramolecular Hbond substituents is 1.